The van der Waals surface area contributed by atoms with E-state index in [1.54, 1.807) is 0 Å². The first-order chi connectivity index (χ1) is 13.2. The third-order valence-corrected chi connectivity index (χ3v) is 3.95. The summed E-state index contributed by atoms with van der Waals surface area (Å²) in [5, 5.41) is 4.28. The second-order valence-electron chi connectivity index (χ2n) is 7.00. The smallest absolute Gasteiger partial charge is 0.0288 e. The molecule has 0 saturated heterocycles. The molecule has 6 nitrogen and oxygen atoms in total. The summed E-state index contributed by atoms with van der Waals surface area (Å²) in [6.45, 7) is 19.7. The van der Waals surface area contributed by atoms with E-state index >= 15 is 0 Å². The van der Waals surface area contributed by atoms with Gasteiger partial charge >= 0.3 is 0 Å². The van der Waals surface area contributed by atoms with Crippen LogP contribution in [0.3, 0.4) is 0 Å². The molecule has 0 amide bonds. The second-order valence-corrected chi connectivity index (χ2v) is 7.00. The number of hydrazine groups is 4. The summed E-state index contributed by atoms with van der Waals surface area (Å²) in [5.74, 6) is 0. The van der Waals surface area contributed by atoms with Gasteiger partial charge in [0.2, 0.25) is 0 Å². The van der Waals surface area contributed by atoms with Gasteiger partial charge in [0.1, 0.15) is 0 Å². The van der Waals surface area contributed by atoms with Gasteiger partial charge in [0.15, 0.2) is 0 Å². The van der Waals surface area contributed by atoms with Crippen LogP contribution in [0.4, 0.5) is 0 Å². The predicted molar refractivity (Wildman–Crippen MR) is 121 cm³/mol. The lowest BCUT2D eigenvalue weighted by molar-refractivity contribution is 0.112. The average molecular weight is 389 g/mol. The second kappa shape index (κ2) is 25.8. The molecule has 6 heteroatoms. The molecule has 0 aromatic heterocycles. The van der Waals surface area contributed by atoms with Crippen molar-refractivity contribution >= 4 is 0 Å². The first-order valence-corrected chi connectivity index (χ1v) is 11.7. The molecule has 0 rings (SSSR count). The summed E-state index contributed by atoms with van der Waals surface area (Å²) < 4.78 is 0. The summed E-state index contributed by atoms with van der Waals surface area (Å²) in [4.78, 5) is 0. The van der Waals surface area contributed by atoms with E-state index in [0.717, 1.165) is 39.3 Å². The molecule has 166 valence electrons. The van der Waals surface area contributed by atoms with E-state index in [9.17, 15) is 0 Å². The molecule has 0 spiro atoms. The zero-order valence-corrected chi connectivity index (χ0v) is 19.5. The highest BCUT2D eigenvalue weighted by Crippen LogP contribution is 1.90. The highest BCUT2D eigenvalue weighted by molar-refractivity contribution is 4.48. The topological polar surface area (TPSA) is 54.6 Å². The Hall–Kier alpha value is -0.240. The van der Waals surface area contributed by atoms with Crippen LogP contribution in [-0.4, -0.2) is 49.5 Å². The first-order valence-electron chi connectivity index (χ1n) is 11.7. The number of nitrogens with one attached hydrogen (secondary N) is 4. The Morgan fingerprint density at radius 3 is 1.19 bits per heavy atom. The highest BCUT2D eigenvalue weighted by Gasteiger charge is 2.00. The van der Waals surface area contributed by atoms with Crippen LogP contribution < -0.4 is 21.7 Å². The van der Waals surface area contributed by atoms with Crippen molar-refractivity contribution < 1.29 is 0 Å². The minimum Gasteiger partial charge on any atom is -0.242 e. The summed E-state index contributed by atoms with van der Waals surface area (Å²) >= 11 is 0. The van der Waals surface area contributed by atoms with Gasteiger partial charge in [-0.25, -0.2) is 21.7 Å². The molecule has 0 aromatic rings. The van der Waals surface area contributed by atoms with E-state index in [2.05, 4.69) is 73.5 Å². The third kappa shape index (κ3) is 23.7. The Morgan fingerprint density at radius 1 is 0.407 bits per heavy atom. The largest absolute Gasteiger partial charge is 0.242 e. The lowest BCUT2D eigenvalue weighted by atomic mass is 10.3. The van der Waals surface area contributed by atoms with Gasteiger partial charge in [0, 0.05) is 39.3 Å². The average Bonchev–Trinajstić information content (AvgIpc) is 2.68. The Labute approximate surface area is 171 Å². The number of hydrogen-bond acceptors (Lipinski definition) is 6. The molecule has 27 heavy (non-hydrogen) atoms. The molecule has 0 saturated carbocycles. The molecular formula is C21H52N6. The molecule has 0 atom stereocenters. The number of nitrogens with zero attached hydrogens (tertiary/aromatic N) is 2. The third-order valence-electron chi connectivity index (χ3n) is 3.95. The fourth-order valence-electron chi connectivity index (χ4n) is 2.24. The molecule has 0 bridgehead atoms. The lowest BCUT2D eigenvalue weighted by Crippen LogP contribution is -2.49. The van der Waals surface area contributed by atoms with Gasteiger partial charge in [-0.2, -0.15) is 10.2 Å². The fraction of sp³-hybridized carbons (Fsp3) is 1.00. The van der Waals surface area contributed by atoms with Crippen molar-refractivity contribution in [3.63, 3.8) is 0 Å². The maximum atomic E-state index is 3.40. The van der Waals surface area contributed by atoms with E-state index in [0.29, 0.717) is 0 Å². The van der Waals surface area contributed by atoms with Crippen LogP contribution in [0.15, 0.2) is 0 Å². The minimum atomic E-state index is 1.06. The van der Waals surface area contributed by atoms with Gasteiger partial charge in [-0.15, -0.1) is 0 Å². The molecular weight excluding hydrogens is 336 g/mol. The summed E-state index contributed by atoms with van der Waals surface area (Å²) in [6.07, 6.45) is 11.0. The van der Waals surface area contributed by atoms with Crippen molar-refractivity contribution in [3.8, 4) is 0 Å². The zero-order valence-electron chi connectivity index (χ0n) is 19.5. The monoisotopic (exact) mass is 388 g/mol. The van der Waals surface area contributed by atoms with Crippen LogP contribution in [0.25, 0.3) is 0 Å². The van der Waals surface area contributed by atoms with Crippen LogP contribution in [-0.2, 0) is 0 Å². The van der Waals surface area contributed by atoms with Crippen molar-refractivity contribution in [2.24, 2.45) is 0 Å². The van der Waals surface area contributed by atoms with Crippen molar-refractivity contribution in [2.75, 3.05) is 39.3 Å². The zero-order chi connectivity index (χ0) is 20.6. The molecule has 0 aliphatic rings. The van der Waals surface area contributed by atoms with Crippen molar-refractivity contribution in [2.45, 2.75) is 99.3 Å². The Balaban J connectivity index is 0. The standard InChI is InChI=1S/C11H27N3.C10H25N3/c1-4-7-9-12-14(11-6-3)13-10-8-5-2;1-4-7-10-13(11-8-5-2)12-9-6-3/h12-13H,4-11H2,1-3H3;11-12H,4-10H2,1-3H3. The van der Waals surface area contributed by atoms with Gasteiger partial charge in [-0.3, -0.25) is 0 Å². The number of rotatable bonds is 19. The maximum absolute atomic E-state index is 3.40. The summed E-state index contributed by atoms with van der Waals surface area (Å²) in [5.41, 5.74) is 13.5. The van der Waals surface area contributed by atoms with Crippen LogP contribution in [0.1, 0.15) is 99.3 Å². The van der Waals surface area contributed by atoms with Crippen molar-refractivity contribution in [1.82, 2.24) is 31.9 Å². The number of unbranched alkanes of at least 4 members (excludes halogenated alkanes) is 3. The van der Waals surface area contributed by atoms with E-state index in [1.807, 2.05) is 0 Å². The van der Waals surface area contributed by atoms with Gasteiger partial charge in [0.05, 0.1) is 0 Å². The molecule has 0 fully saturated rings. The van der Waals surface area contributed by atoms with Gasteiger partial charge in [0.25, 0.3) is 0 Å². The Morgan fingerprint density at radius 2 is 0.815 bits per heavy atom. The SMILES string of the molecule is CCCCN(NCCC)NCCC.CCCCNN(CCC)NCCCC. The predicted octanol–water partition coefficient (Wildman–Crippen LogP) is 4.23. The fourth-order valence-corrected chi connectivity index (χ4v) is 2.24. The summed E-state index contributed by atoms with van der Waals surface area (Å²) in [6, 6.07) is 0. The molecule has 0 aliphatic heterocycles. The van der Waals surface area contributed by atoms with E-state index in [-0.39, 0.29) is 0 Å². The minimum absolute atomic E-state index is 1.06. The van der Waals surface area contributed by atoms with Crippen LogP contribution >= 0.6 is 0 Å². The summed E-state index contributed by atoms with van der Waals surface area (Å²) in [7, 11) is 0. The van der Waals surface area contributed by atoms with Gasteiger partial charge in [-0.05, 0) is 38.5 Å². The normalized spacial score (nSPS) is 11.1. The van der Waals surface area contributed by atoms with Crippen LogP contribution in [0.5, 0.6) is 0 Å². The Bertz CT molecular complexity index is 224. The van der Waals surface area contributed by atoms with Crippen LogP contribution in [0.2, 0.25) is 0 Å². The Kier molecular flexibility index (Phi) is 27.6. The van der Waals surface area contributed by atoms with E-state index in [1.165, 1.54) is 57.8 Å². The van der Waals surface area contributed by atoms with E-state index in [4.69, 9.17) is 0 Å². The first kappa shape index (κ1) is 29.0. The molecule has 4 N–H and O–H groups in total. The van der Waals surface area contributed by atoms with E-state index < -0.39 is 0 Å². The van der Waals surface area contributed by atoms with Crippen molar-refractivity contribution in [3.05, 3.63) is 0 Å². The molecule has 0 aliphatic carbocycles. The van der Waals surface area contributed by atoms with Crippen molar-refractivity contribution in [1.29, 1.82) is 0 Å². The highest BCUT2D eigenvalue weighted by atomic mass is 15.7. The van der Waals surface area contributed by atoms with Gasteiger partial charge < -0.3 is 0 Å². The lowest BCUT2D eigenvalue weighted by Gasteiger charge is -2.23. The molecule has 0 radical (unpaired) electrons. The maximum Gasteiger partial charge on any atom is 0.0288 e. The molecule has 0 heterocycles. The van der Waals surface area contributed by atoms with Gasteiger partial charge in [-0.1, -0.05) is 60.8 Å². The molecule has 0 unspecified atom stereocenters. The van der Waals surface area contributed by atoms with Crippen LogP contribution in [0, 0.1) is 0 Å². The number of hydrogen-bond donors (Lipinski definition) is 4. The molecule has 0 aromatic carbocycles. The quantitative estimate of drug-likeness (QED) is 0.196.